The van der Waals surface area contributed by atoms with Crippen molar-refractivity contribution in [3.63, 3.8) is 0 Å². The van der Waals surface area contributed by atoms with Gasteiger partial charge in [-0.25, -0.2) is 0 Å². The molecule has 0 spiro atoms. The van der Waals surface area contributed by atoms with Gasteiger partial charge in [-0.3, -0.25) is 0 Å². The predicted molar refractivity (Wildman–Crippen MR) is 106 cm³/mol. The summed E-state index contributed by atoms with van der Waals surface area (Å²) in [6, 6.07) is 0. The van der Waals surface area contributed by atoms with Crippen molar-refractivity contribution in [2.45, 2.75) is 39.1 Å². The predicted octanol–water partition coefficient (Wildman–Crippen LogP) is 0.888. The Bertz CT molecular complexity index is 694. The van der Waals surface area contributed by atoms with Gasteiger partial charge in [0.2, 0.25) is 0 Å². The van der Waals surface area contributed by atoms with Crippen LogP contribution in [0.4, 0.5) is 0 Å². The molecule has 0 aromatic heterocycles. The maximum atomic E-state index is 12.9. The number of halogens is 2. The fraction of sp³-hybridized carbons (Fsp3) is 0.800. The van der Waals surface area contributed by atoms with E-state index in [0.717, 1.165) is 0 Å². The van der Waals surface area contributed by atoms with Gasteiger partial charge >= 0.3 is 168 Å². The summed E-state index contributed by atoms with van der Waals surface area (Å²) < 4.78 is 16.0. The molecule has 2 radical (unpaired) electrons. The van der Waals surface area contributed by atoms with E-state index in [0.29, 0.717) is 6.42 Å². The van der Waals surface area contributed by atoms with Gasteiger partial charge in [-0.1, -0.05) is 0 Å². The molecule has 25 heavy (non-hydrogen) atoms. The molecule has 0 aromatic carbocycles. The van der Waals surface area contributed by atoms with Crippen LogP contribution in [0, 0.1) is 23.7 Å². The van der Waals surface area contributed by atoms with Crippen LogP contribution in [-0.2, 0) is 28.6 Å². The first-order valence-electron chi connectivity index (χ1n) is 8.48. The molecule has 6 nitrogen and oxygen atoms in total. The Morgan fingerprint density at radius 2 is 2.12 bits per heavy atom. The second-order valence-electron chi connectivity index (χ2n) is 7.47. The number of hydrogen-bond donors (Lipinski definition) is 0. The van der Waals surface area contributed by atoms with Crippen LogP contribution in [0.2, 0.25) is 0 Å². The molecule has 0 amide bonds. The number of ether oxygens (including phenoxy) is 3. The van der Waals surface area contributed by atoms with Crippen LogP contribution in [0.3, 0.4) is 0 Å². The molecule has 132 valence electrons. The van der Waals surface area contributed by atoms with Crippen molar-refractivity contribution in [1.82, 2.24) is 0 Å². The Morgan fingerprint density at radius 3 is 2.72 bits per heavy atom. The van der Waals surface area contributed by atoms with E-state index < -0.39 is 46.9 Å². The fourth-order valence-corrected chi connectivity index (χ4v) is 14.1. The summed E-state index contributed by atoms with van der Waals surface area (Å²) in [4.78, 5) is 37.5. The Hall–Kier alpha value is -0.000130. The average molecular weight is 568 g/mol. The summed E-state index contributed by atoms with van der Waals surface area (Å²) in [5.74, 6) is -2.15. The van der Waals surface area contributed by atoms with Crippen molar-refractivity contribution >= 4 is 70.2 Å². The zero-order chi connectivity index (χ0) is 17.7. The Morgan fingerprint density at radius 1 is 1.44 bits per heavy atom. The third-order valence-corrected chi connectivity index (χ3v) is 14.4. The molecule has 2 aliphatic carbocycles. The molecule has 5 fully saturated rings. The van der Waals surface area contributed by atoms with E-state index in [9.17, 15) is 14.4 Å². The number of esters is 3. The van der Waals surface area contributed by atoms with E-state index in [1.54, 1.807) is 6.92 Å². The molecular weight excluding hydrogens is 552 g/mol. The van der Waals surface area contributed by atoms with E-state index in [-0.39, 0.29) is 39.6 Å². The van der Waals surface area contributed by atoms with Crippen LogP contribution in [0.1, 0.15) is 20.3 Å². The topological polar surface area (TPSA) is 78.9 Å². The normalized spacial score (nSPS) is 44.0. The maximum absolute atomic E-state index is 12.9. The van der Waals surface area contributed by atoms with Crippen LogP contribution in [-0.4, -0.2) is 53.6 Å². The second kappa shape index (κ2) is 5.29. The fourth-order valence-electron chi connectivity index (χ4n) is 4.80. The summed E-state index contributed by atoms with van der Waals surface area (Å²) in [6.07, 6.45) is -0.245. The van der Waals surface area contributed by atoms with Crippen LogP contribution in [0.25, 0.3) is 0 Å². The monoisotopic (exact) mass is 568 g/mol. The van der Waals surface area contributed by atoms with Crippen molar-refractivity contribution in [2.24, 2.45) is 23.7 Å². The van der Waals surface area contributed by atoms with Gasteiger partial charge in [0.1, 0.15) is 0 Å². The molecule has 2 saturated carbocycles. The summed E-state index contributed by atoms with van der Waals surface area (Å²) in [7, 11) is 0. The standard InChI is InChI=1S/C15H16B2I2O6/c1-3-23-11(20)7-5-4-6-8(7)12(21)24-9(6)10(5)25-13(22)14(2,18)15-16-19(15)17-15/h5-10H,3-4H2,1-2H3/t5-,6?,7?,8?,9?,10?,14?/m0/s1. The van der Waals surface area contributed by atoms with E-state index in [2.05, 4.69) is 32.9 Å². The molecule has 6 unspecified atom stereocenters. The van der Waals surface area contributed by atoms with Crippen molar-refractivity contribution < 1.29 is 28.6 Å². The van der Waals surface area contributed by atoms with Gasteiger partial charge in [-0.05, 0) is 0 Å². The van der Waals surface area contributed by atoms with Gasteiger partial charge in [-0.2, -0.15) is 0 Å². The van der Waals surface area contributed by atoms with Gasteiger partial charge in [0, 0.05) is 0 Å². The summed E-state index contributed by atoms with van der Waals surface area (Å²) in [6.45, 7) is 3.94. The minimum atomic E-state index is -1.05. The Labute approximate surface area is 167 Å². The third kappa shape index (κ3) is 2.12. The van der Waals surface area contributed by atoms with Gasteiger partial charge in [0.25, 0.3) is 0 Å². The van der Waals surface area contributed by atoms with Crippen LogP contribution in [0.15, 0.2) is 0 Å². The van der Waals surface area contributed by atoms with Crippen LogP contribution in [0.5, 0.6) is 0 Å². The SMILES string of the molecule is CCOC(=O)C1C2C(=O)OC3C2C[C@@H]1C3OC(=O)C(C)(I)C12[B]I1[B]2. The zero-order valence-corrected chi connectivity index (χ0v) is 18.1. The number of carbonyl (C=O) groups is 3. The molecule has 7 atom stereocenters. The molecule has 0 N–H and O–H groups in total. The van der Waals surface area contributed by atoms with E-state index in [1.807, 2.05) is 6.92 Å². The Balaban J connectivity index is 1.38. The first-order valence-corrected chi connectivity index (χ1v) is 13.1. The van der Waals surface area contributed by atoms with Gasteiger partial charge < -0.3 is 0 Å². The minimum absolute atomic E-state index is 0.0294. The van der Waals surface area contributed by atoms with Crippen molar-refractivity contribution in [3.05, 3.63) is 0 Å². The molecular formula is C15H16B2I2O6. The number of carbonyl (C=O) groups excluding carboxylic acids is 3. The zero-order valence-electron chi connectivity index (χ0n) is 13.7. The third-order valence-electron chi connectivity index (χ3n) is 6.27. The molecule has 10 heteroatoms. The summed E-state index contributed by atoms with van der Waals surface area (Å²) >= 11 is 1.15. The molecule has 3 aliphatic heterocycles. The number of hydrogen-bond acceptors (Lipinski definition) is 6. The Kier molecular flexibility index (Phi) is 3.62. The molecule has 0 aromatic rings. The van der Waals surface area contributed by atoms with Gasteiger partial charge in [0.15, 0.2) is 0 Å². The molecule has 3 heterocycles. The average Bonchev–Trinajstić information content (AvgIpc) is 3.30. The van der Waals surface area contributed by atoms with Crippen molar-refractivity contribution in [3.8, 4) is 0 Å². The number of alkyl halides is 2. The number of fused-ring (bicyclic) bond motifs is 2. The quantitative estimate of drug-likeness (QED) is 0.162. The summed E-state index contributed by atoms with van der Waals surface area (Å²) in [5, 5.41) is 4.61. The van der Waals surface area contributed by atoms with Crippen LogP contribution < -0.4 is 0 Å². The van der Waals surface area contributed by atoms with Crippen molar-refractivity contribution in [1.29, 1.82) is 0 Å². The summed E-state index contributed by atoms with van der Waals surface area (Å²) in [5.41, 5.74) is 0. The van der Waals surface area contributed by atoms with E-state index >= 15 is 0 Å². The first-order chi connectivity index (χ1) is 11.8. The van der Waals surface area contributed by atoms with E-state index in [1.165, 1.54) is 0 Å². The van der Waals surface area contributed by atoms with Gasteiger partial charge in [-0.15, -0.1) is 0 Å². The first kappa shape index (κ1) is 17.1. The second-order valence-corrected chi connectivity index (χ2v) is 14.6. The van der Waals surface area contributed by atoms with Crippen molar-refractivity contribution in [2.75, 3.05) is 6.61 Å². The van der Waals surface area contributed by atoms with Crippen LogP contribution >= 0.6 is 42.0 Å². The van der Waals surface area contributed by atoms with E-state index in [4.69, 9.17) is 14.2 Å². The van der Waals surface area contributed by atoms with Gasteiger partial charge in [0.05, 0.1) is 0 Å². The molecule has 5 rings (SSSR count). The number of rotatable bonds is 5. The molecule has 3 saturated heterocycles. The molecule has 5 aliphatic rings. The molecule has 2 bridgehead atoms.